The van der Waals surface area contributed by atoms with E-state index in [2.05, 4.69) is 42.1 Å². The minimum absolute atomic E-state index is 0.0945. The first-order valence-corrected chi connectivity index (χ1v) is 13.7. The molecule has 2 atom stereocenters. The van der Waals surface area contributed by atoms with E-state index in [-0.39, 0.29) is 45.6 Å². The third-order valence-corrected chi connectivity index (χ3v) is 9.11. The van der Waals surface area contributed by atoms with Crippen LogP contribution in [-0.2, 0) is 0 Å². The lowest BCUT2D eigenvalue weighted by Gasteiger charge is -2.39. The maximum Gasteiger partial charge on any atom is 0.259 e. The monoisotopic (exact) mass is 494 g/mol. The summed E-state index contributed by atoms with van der Waals surface area (Å²) in [6.45, 7) is 14.0. The predicted octanol–water partition coefficient (Wildman–Crippen LogP) is 4.66. The van der Waals surface area contributed by atoms with Crippen LogP contribution >= 0.6 is 0 Å². The van der Waals surface area contributed by atoms with Crippen LogP contribution in [0.1, 0.15) is 76.2 Å². The van der Waals surface area contributed by atoms with Gasteiger partial charge in [-0.1, -0.05) is 27.7 Å². The van der Waals surface area contributed by atoms with Crippen molar-refractivity contribution in [3.05, 3.63) is 39.9 Å². The summed E-state index contributed by atoms with van der Waals surface area (Å²) in [7, 11) is 0. The normalized spacial score (nSPS) is 28.2. The number of carbonyl (C=O) groups excluding carboxylic acids is 1. The zero-order chi connectivity index (χ0) is 25.4. The SMILES string of the molecule is CCN1CCN(c2cc3c(cc2F)c(=O)c(C(=O)N2C[C@]4(C)C[C@@H]2CC(C)(C)C4)cn3C2CC2)CC1. The van der Waals surface area contributed by atoms with E-state index >= 15 is 4.39 Å². The van der Waals surface area contributed by atoms with Gasteiger partial charge in [0.2, 0.25) is 5.43 Å². The lowest BCUT2D eigenvalue weighted by molar-refractivity contribution is 0.0706. The Kier molecular flexibility index (Phi) is 5.52. The second kappa shape index (κ2) is 8.30. The zero-order valence-electron chi connectivity index (χ0n) is 22.1. The number of piperazine rings is 1. The molecular weight excluding hydrogens is 455 g/mol. The first-order chi connectivity index (χ1) is 17.1. The van der Waals surface area contributed by atoms with Gasteiger partial charge in [-0.15, -0.1) is 0 Å². The van der Waals surface area contributed by atoms with Crippen molar-refractivity contribution in [2.75, 3.05) is 44.2 Å². The van der Waals surface area contributed by atoms with Gasteiger partial charge in [-0.25, -0.2) is 4.39 Å². The van der Waals surface area contributed by atoms with E-state index in [0.29, 0.717) is 17.6 Å². The molecule has 2 bridgehead atoms. The molecule has 0 spiro atoms. The molecule has 2 saturated carbocycles. The van der Waals surface area contributed by atoms with Crippen LogP contribution in [0.15, 0.2) is 23.1 Å². The first kappa shape index (κ1) is 24.0. The molecule has 6 rings (SSSR count). The van der Waals surface area contributed by atoms with E-state index in [1.165, 1.54) is 6.07 Å². The topological polar surface area (TPSA) is 48.8 Å². The molecule has 7 heteroatoms. The number of halogens is 1. The summed E-state index contributed by atoms with van der Waals surface area (Å²) in [5.74, 6) is -0.550. The van der Waals surface area contributed by atoms with Crippen molar-refractivity contribution in [3.8, 4) is 0 Å². The highest BCUT2D eigenvalue weighted by atomic mass is 19.1. The fraction of sp³-hybridized carbons (Fsp3) is 0.655. The highest BCUT2D eigenvalue weighted by Gasteiger charge is 2.51. The molecule has 3 heterocycles. The van der Waals surface area contributed by atoms with Crippen LogP contribution in [-0.4, -0.2) is 65.6 Å². The Morgan fingerprint density at radius 2 is 1.78 bits per heavy atom. The van der Waals surface area contributed by atoms with Crippen LogP contribution in [0.2, 0.25) is 0 Å². The van der Waals surface area contributed by atoms with Crippen molar-refractivity contribution in [2.45, 2.75) is 71.9 Å². The number of hydrogen-bond acceptors (Lipinski definition) is 4. The second-order valence-corrected chi connectivity index (χ2v) is 12.9. The van der Waals surface area contributed by atoms with Crippen LogP contribution in [0.4, 0.5) is 10.1 Å². The number of hydrogen-bond donors (Lipinski definition) is 0. The predicted molar refractivity (Wildman–Crippen MR) is 141 cm³/mol. The van der Waals surface area contributed by atoms with Crippen LogP contribution in [0.3, 0.4) is 0 Å². The fourth-order valence-corrected chi connectivity index (χ4v) is 7.57. The summed E-state index contributed by atoms with van der Waals surface area (Å²) in [6, 6.07) is 3.68. The van der Waals surface area contributed by atoms with E-state index in [4.69, 9.17) is 0 Å². The Morgan fingerprint density at radius 1 is 1.06 bits per heavy atom. The zero-order valence-corrected chi connectivity index (χ0v) is 22.1. The number of nitrogens with zero attached hydrogens (tertiary/aromatic N) is 4. The van der Waals surface area contributed by atoms with Gasteiger partial charge in [-0.05, 0) is 61.6 Å². The summed E-state index contributed by atoms with van der Waals surface area (Å²) in [4.78, 5) is 34.0. The number of rotatable bonds is 4. The van der Waals surface area contributed by atoms with Gasteiger partial charge in [0.1, 0.15) is 11.4 Å². The minimum atomic E-state index is -0.372. The summed E-state index contributed by atoms with van der Waals surface area (Å²) >= 11 is 0. The largest absolute Gasteiger partial charge is 0.367 e. The van der Waals surface area contributed by atoms with Crippen molar-refractivity contribution in [1.82, 2.24) is 14.4 Å². The number of benzene rings is 1. The van der Waals surface area contributed by atoms with Gasteiger partial charge in [0.15, 0.2) is 0 Å². The van der Waals surface area contributed by atoms with Crippen LogP contribution in [0.25, 0.3) is 10.9 Å². The van der Waals surface area contributed by atoms with Crippen molar-refractivity contribution >= 4 is 22.5 Å². The minimum Gasteiger partial charge on any atom is -0.367 e. The van der Waals surface area contributed by atoms with E-state index in [1.807, 2.05) is 11.0 Å². The molecule has 6 nitrogen and oxygen atoms in total. The average Bonchev–Trinajstić information content (AvgIpc) is 3.63. The highest BCUT2D eigenvalue weighted by molar-refractivity contribution is 5.98. The number of anilines is 1. The molecule has 4 aliphatic rings. The molecule has 2 aromatic rings. The molecular formula is C29H39FN4O2. The third kappa shape index (κ3) is 4.04. The van der Waals surface area contributed by atoms with Crippen molar-refractivity contribution in [3.63, 3.8) is 0 Å². The second-order valence-electron chi connectivity index (χ2n) is 12.9. The molecule has 0 N–H and O–H groups in total. The Hall–Kier alpha value is -2.41. The highest BCUT2D eigenvalue weighted by Crippen LogP contribution is 2.52. The van der Waals surface area contributed by atoms with Crippen LogP contribution in [0, 0.1) is 16.6 Å². The van der Waals surface area contributed by atoms with Gasteiger partial charge in [0.05, 0.1) is 11.2 Å². The summed E-state index contributed by atoms with van der Waals surface area (Å²) in [5, 5.41) is 0.329. The van der Waals surface area contributed by atoms with Gasteiger partial charge < -0.3 is 19.3 Å². The lowest BCUT2D eigenvalue weighted by Crippen LogP contribution is -2.46. The average molecular weight is 495 g/mol. The van der Waals surface area contributed by atoms with E-state index < -0.39 is 0 Å². The number of pyridine rings is 1. The molecule has 1 aromatic carbocycles. The van der Waals surface area contributed by atoms with E-state index in [1.54, 1.807) is 6.20 Å². The number of amides is 1. The third-order valence-electron chi connectivity index (χ3n) is 9.11. The molecule has 2 aliphatic heterocycles. The summed E-state index contributed by atoms with van der Waals surface area (Å²) in [6.07, 6.45) is 6.87. The Bertz CT molecular complexity index is 1270. The van der Waals surface area contributed by atoms with Crippen LogP contribution < -0.4 is 10.3 Å². The van der Waals surface area contributed by atoms with E-state index in [0.717, 1.165) is 70.3 Å². The maximum absolute atomic E-state index is 15.5. The molecule has 0 radical (unpaired) electrons. The van der Waals surface area contributed by atoms with Crippen molar-refractivity contribution < 1.29 is 9.18 Å². The van der Waals surface area contributed by atoms with E-state index in [9.17, 15) is 9.59 Å². The molecule has 36 heavy (non-hydrogen) atoms. The summed E-state index contributed by atoms with van der Waals surface area (Å²) in [5.41, 5.74) is 1.46. The Labute approximate surface area is 213 Å². The van der Waals surface area contributed by atoms with Gasteiger partial charge >= 0.3 is 0 Å². The Morgan fingerprint density at radius 3 is 2.44 bits per heavy atom. The van der Waals surface area contributed by atoms with Gasteiger partial charge in [-0.2, -0.15) is 0 Å². The fourth-order valence-electron chi connectivity index (χ4n) is 7.57. The number of aromatic nitrogens is 1. The van der Waals surface area contributed by atoms with Gasteiger partial charge in [-0.3, -0.25) is 9.59 Å². The van der Waals surface area contributed by atoms with Crippen molar-refractivity contribution in [2.24, 2.45) is 10.8 Å². The lowest BCUT2D eigenvalue weighted by atomic mass is 9.65. The molecule has 2 aliphatic carbocycles. The number of likely N-dealkylation sites (N-methyl/N-ethyl adjacent to an activating group) is 1. The van der Waals surface area contributed by atoms with Crippen LogP contribution in [0.5, 0.6) is 0 Å². The van der Waals surface area contributed by atoms with Crippen molar-refractivity contribution in [1.29, 1.82) is 0 Å². The smallest absolute Gasteiger partial charge is 0.259 e. The maximum atomic E-state index is 15.5. The molecule has 194 valence electrons. The number of carbonyl (C=O) groups is 1. The first-order valence-electron chi connectivity index (χ1n) is 13.7. The van der Waals surface area contributed by atoms with Gasteiger partial charge in [0, 0.05) is 56.4 Å². The quantitative estimate of drug-likeness (QED) is 0.621. The number of fused-ring (bicyclic) bond motifs is 3. The molecule has 0 unspecified atom stereocenters. The standard InChI is InChI=1S/C29H39FN4O2/c1-5-31-8-10-32(11-9-31)25-13-24-21(12-23(25)30)26(35)22(16-33(24)19-6-7-19)27(36)34-18-29(4)15-20(34)14-28(2,3)17-29/h12-13,16,19-20H,5-11,14-15,17-18H2,1-4H3/t20-,29+/m0/s1. The Balaban J connectivity index is 1.39. The molecule has 4 fully saturated rings. The molecule has 2 saturated heterocycles. The summed E-state index contributed by atoms with van der Waals surface area (Å²) < 4.78 is 17.5. The molecule has 1 aromatic heterocycles. The number of likely N-dealkylation sites (tertiary alicyclic amines) is 1. The molecule has 1 amide bonds. The van der Waals surface area contributed by atoms with Gasteiger partial charge in [0.25, 0.3) is 5.91 Å².